The highest BCUT2D eigenvalue weighted by molar-refractivity contribution is 6.30. The minimum Gasteiger partial charge on any atom is -0.489 e. The van der Waals surface area contributed by atoms with Gasteiger partial charge in [-0.15, -0.1) is 0 Å². The van der Waals surface area contributed by atoms with Gasteiger partial charge in [0.1, 0.15) is 24.0 Å². The summed E-state index contributed by atoms with van der Waals surface area (Å²) >= 11 is 5.90. The first kappa shape index (κ1) is 21.2. The van der Waals surface area contributed by atoms with E-state index >= 15 is 0 Å². The van der Waals surface area contributed by atoms with Crippen molar-refractivity contribution in [2.24, 2.45) is 0 Å². The molecule has 4 nitrogen and oxygen atoms in total. The smallest absolute Gasteiger partial charge is 0.266 e. The molecule has 30 heavy (non-hydrogen) atoms. The number of amides is 1. The predicted octanol–water partition coefficient (Wildman–Crippen LogP) is 6.03. The molecule has 1 amide bonds. The van der Waals surface area contributed by atoms with E-state index in [9.17, 15) is 10.1 Å². The van der Waals surface area contributed by atoms with E-state index in [4.69, 9.17) is 16.3 Å². The molecule has 3 aromatic carbocycles. The average molecular weight is 417 g/mol. The number of nitrogens with one attached hydrogen (secondary N) is 1. The van der Waals surface area contributed by atoms with E-state index < -0.39 is 5.91 Å². The van der Waals surface area contributed by atoms with Crippen molar-refractivity contribution in [1.82, 2.24) is 0 Å². The fourth-order valence-electron chi connectivity index (χ4n) is 2.90. The van der Waals surface area contributed by atoms with Gasteiger partial charge in [-0.2, -0.15) is 5.26 Å². The van der Waals surface area contributed by atoms with Gasteiger partial charge in [-0.05, 0) is 59.5 Å². The number of hydrogen-bond acceptors (Lipinski definition) is 3. The molecule has 0 heterocycles. The van der Waals surface area contributed by atoms with Crippen molar-refractivity contribution in [1.29, 1.82) is 5.26 Å². The lowest BCUT2D eigenvalue weighted by molar-refractivity contribution is -0.112. The molecule has 150 valence electrons. The van der Waals surface area contributed by atoms with Gasteiger partial charge in [-0.25, -0.2) is 0 Å². The molecule has 0 atom stereocenters. The normalized spacial score (nSPS) is 10.9. The fourth-order valence-corrected chi connectivity index (χ4v) is 3.02. The molecule has 0 aliphatic heterocycles. The summed E-state index contributed by atoms with van der Waals surface area (Å²) in [4.78, 5) is 12.6. The van der Waals surface area contributed by atoms with E-state index in [1.54, 1.807) is 12.1 Å². The molecule has 3 rings (SSSR count). The molecule has 0 spiro atoms. The van der Waals surface area contributed by atoms with Gasteiger partial charge in [0.15, 0.2) is 0 Å². The molecule has 0 fully saturated rings. The zero-order chi connectivity index (χ0) is 21.3. The molecule has 1 N–H and O–H groups in total. The fraction of sp³-hybridized carbons (Fsp3) is 0.120. The van der Waals surface area contributed by atoms with Crippen LogP contribution in [0.2, 0.25) is 5.02 Å². The number of anilines is 1. The SMILES string of the molecule is CCc1ccccc1NC(=O)/C(C#N)=C\c1cccc(OCc2ccc(Cl)cc2)c1. The Balaban J connectivity index is 1.72. The van der Waals surface area contributed by atoms with Gasteiger partial charge in [0.2, 0.25) is 0 Å². The summed E-state index contributed by atoms with van der Waals surface area (Å²) in [6.45, 7) is 2.41. The Labute approximate surface area is 181 Å². The topological polar surface area (TPSA) is 62.1 Å². The van der Waals surface area contributed by atoms with Crippen molar-refractivity contribution < 1.29 is 9.53 Å². The first-order chi connectivity index (χ1) is 14.6. The van der Waals surface area contributed by atoms with E-state index in [0.29, 0.717) is 28.6 Å². The third-order valence-electron chi connectivity index (χ3n) is 4.50. The predicted molar refractivity (Wildman–Crippen MR) is 120 cm³/mol. The van der Waals surface area contributed by atoms with Crippen molar-refractivity contribution in [3.63, 3.8) is 0 Å². The van der Waals surface area contributed by atoms with Gasteiger partial charge < -0.3 is 10.1 Å². The van der Waals surface area contributed by atoms with E-state index in [2.05, 4.69) is 5.32 Å². The zero-order valence-electron chi connectivity index (χ0n) is 16.6. The second-order valence-corrected chi connectivity index (χ2v) is 7.06. The summed E-state index contributed by atoms with van der Waals surface area (Å²) in [6.07, 6.45) is 2.34. The van der Waals surface area contributed by atoms with Crippen LogP contribution in [0.15, 0.2) is 78.4 Å². The number of nitrogens with zero attached hydrogens (tertiary/aromatic N) is 1. The Morgan fingerprint density at radius 1 is 1.10 bits per heavy atom. The summed E-state index contributed by atoms with van der Waals surface area (Å²) in [5.74, 6) is 0.207. The maximum Gasteiger partial charge on any atom is 0.266 e. The largest absolute Gasteiger partial charge is 0.489 e. The highest BCUT2D eigenvalue weighted by atomic mass is 35.5. The molecule has 0 aliphatic carbocycles. The van der Waals surface area contributed by atoms with Crippen LogP contribution in [0.3, 0.4) is 0 Å². The number of carbonyl (C=O) groups excluding carboxylic acids is 1. The van der Waals surface area contributed by atoms with Crippen molar-refractivity contribution in [2.45, 2.75) is 20.0 Å². The molecule has 0 aromatic heterocycles. The monoisotopic (exact) mass is 416 g/mol. The minimum atomic E-state index is -0.439. The molecule has 0 aliphatic rings. The van der Waals surface area contributed by atoms with Crippen molar-refractivity contribution in [3.8, 4) is 11.8 Å². The van der Waals surface area contributed by atoms with Gasteiger partial charge >= 0.3 is 0 Å². The van der Waals surface area contributed by atoms with Crippen LogP contribution in [0.5, 0.6) is 5.75 Å². The molecule has 0 saturated carbocycles. The van der Waals surface area contributed by atoms with Crippen LogP contribution < -0.4 is 10.1 Å². The number of nitriles is 1. The molecule has 5 heteroatoms. The molecular formula is C25H21ClN2O2. The quantitative estimate of drug-likeness (QED) is 0.378. The summed E-state index contributed by atoms with van der Waals surface area (Å²) in [5, 5.41) is 13.0. The molecule has 0 radical (unpaired) electrons. The van der Waals surface area contributed by atoms with E-state index in [1.807, 2.05) is 79.7 Å². The standard InChI is InChI=1S/C25H21ClN2O2/c1-2-20-7-3-4-9-24(20)28-25(29)21(16-27)14-19-6-5-8-23(15-19)30-17-18-10-12-22(26)13-11-18/h3-15H,2,17H2,1H3,(H,28,29)/b21-14-. The molecule has 0 unspecified atom stereocenters. The van der Waals surface area contributed by atoms with Crippen LogP contribution in [0.4, 0.5) is 5.69 Å². The molecular weight excluding hydrogens is 396 g/mol. The number of ether oxygens (including phenoxy) is 1. The van der Waals surface area contributed by atoms with Crippen molar-refractivity contribution >= 4 is 29.3 Å². The summed E-state index contributed by atoms with van der Waals surface area (Å²) in [5.41, 5.74) is 3.45. The van der Waals surface area contributed by atoms with Crippen LogP contribution in [0, 0.1) is 11.3 Å². The van der Waals surface area contributed by atoms with Gasteiger partial charge in [-0.1, -0.05) is 61.0 Å². The van der Waals surface area contributed by atoms with Gasteiger partial charge in [0.25, 0.3) is 5.91 Å². The maximum atomic E-state index is 12.6. The highest BCUT2D eigenvalue weighted by Crippen LogP contribution is 2.20. The third kappa shape index (κ3) is 5.73. The van der Waals surface area contributed by atoms with E-state index in [-0.39, 0.29) is 5.57 Å². The number of aryl methyl sites for hydroxylation is 1. The summed E-state index contributed by atoms with van der Waals surface area (Å²) in [7, 11) is 0. The summed E-state index contributed by atoms with van der Waals surface area (Å²) < 4.78 is 5.82. The Hall–Kier alpha value is -3.55. The second kappa shape index (κ2) is 10.3. The first-order valence-electron chi connectivity index (χ1n) is 9.57. The first-order valence-corrected chi connectivity index (χ1v) is 9.95. The van der Waals surface area contributed by atoms with Gasteiger partial charge in [-0.3, -0.25) is 4.79 Å². The van der Waals surface area contributed by atoms with Gasteiger partial charge in [0.05, 0.1) is 0 Å². The Kier molecular flexibility index (Phi) is 7.26. The Morgan fingerprint density at radius 3 is 2.60 bits per heavy atom. The van der Waals surface area contributed by atoms with E-state index in [1.165, 1.54) is 0 Å². The maximum absolute atomic E-state index is 12.6. The highest BCUT2D eigenvalue weighted by Gasteiger charge is 2.11. The van der Waals surface area contributed by atoms with Crippen LogP contribution in [0.25, 0.3) is 6.08 Å². The molecule has 0 bridgehead atoms. The second-order valence-electron chi connectivity index (χ2n) is 6.62. The lowest BCUT2D eigenvalue weighted by atomic mass is 10.1. The third-order valence-corrected chi connectivity index (χ3v) is 4.75. The van der Waals surface area contributed by atoms with Crippen molar-refractivity contribution in [2.75, 3.05) is 5.32 Å². The average Bonchev–Trinajstić information content (AvgIpc) is 2.77. The van der Waals surface area contributed by atoms with Crippen molar-refractivity contribution in [3.05, 3.63) is 100 Å². The lowest BCUT2D eigenvalue weighted by Gasteiger charge is -2.09. The number of carbonyl (C=O) groups is 1. The summed E-state index contributed by atoms with van der Waals surface area (Å²) in [6, 6.07) is 24.2. The number of benzene rings is 3. The molecule has 0 saturated heterocycles. The number of rotatable bonds is 7. The van der Waals surface area contributed by atoms with Crippen LogP contribution in [-0.2, 0) is 17.8 Å². The lowest BCUT2D eigenvalue weighted by Crippen LogP contribution is -2.14. The number of para-hydroxylation sites is 1. The Morgan fingerprint density at radius 2 is 1.87 bits per heavy atom. The van der Waals surface area contributed by atoms with Crippen LogP contribution >= 0.6 is 11.6 Å². The van der Waals surface area contributed by atoms with E-state index in [0.717, 1.165) is 17.5 Å². The van der Waals surface area contributed by atoms with Crippen LogP contribution in [-0.4, -0.2) is 5.91 Å². The Bertz CT molecular complexity index is 1100. The zero-order valence-corrected chi connectivity index (χ0v) is 17.3. The van der Waals surface area contributed by atoms with Gasteiger partial charge in [0, 0.05) is 10.7 Å². The number of halogens is 1. The number of hydrogen-bond donors (Lipinski definition) is 1. The minimum absolute atomic E-state index is 0.0238. The molecule has 3 aromatic rings. The van der Waals surface area contributed by atoms with Crippen LogP contribution in [0.1, 0.15) is 23.6 Å².